The number of anilines is 1. The van der Waals surface area contributed by atoms with Gasteiger partial charge in [0, 0.05) is 48.1 Å². The first-order valence-electron chi connectivity index (χ1n) is 9.24. The zero-order valence-corrected chi connectivity index (χ0v) is 16.3. The monoisotopic (exact) mass is 408 g/mol. The molecule has 0 fully saturated rings. The van der Waals surface area contributed by atoms with Gasteiger partial charge in [0.05, 0.1) is 18.4 Å². The molecule has 0 aliphatic rings. The van der Waals surface area contributed by atoms with Gasteiger partial charge in [-0.05, 0) is 30.2 Å². The number of benzene rings is 1. The molecule has 2 aromatic heterocycles. The van der Waals surface area contributed by atoms with Gasteiger partial charge in [-0.3, -0.25) is 19.9 Å². The predicted octanol–water partition coefficient (Wildman–Crippen LogP) is 3.10. The maximum absolute atomic E-state index is 12.9. The van der Waals surface area contributed by atoms with Gasteiger partial charge < -0.3 is 4.74 Å². The smallest absolute Gasteiger partial charge is 0.411 e. The summed E-state index contributed by atoms with van der Waals surface area (Å²) in [5.41, 5.74) is 10.9. The van der Waals surface area contributed by atoms with Gasteiger partial charge in [0.1, 0.15) is 5.69 Å². The highest BCUT2D eigenvalue weighted by atomic mass is 16.5. The summed E-state index contributed by atoms with van der Waals surface area (Å²) in [4.78, 5) is 27.2. The highest BCUT2D eigenvalue weighted by molar-refractivity contribution is 5.84. The van der Waals surface area contributed by atoms with E-state index in [1.807, 2.05) is 6.07 Å². The number of carbonyl (C=O) groups excluding carboxylic acids is 1. The number of rotatable bonds is 8. The molecule has 0 radical (unpaired) electrons. The molecule has 0 saturated heterocycles. The van der Waals surface area contributed by atoms with Crippen LogP contribution in [0.4, 0.5) is 10.5 Å². The van der Waals surface area contributed by atoms with Crippen LogP contribution in [-0.2, 0) is 17.7 Å². The second-order valence-corrected chi connectivity index (χ2v) is 6.24. The lowest BCUT2D eigenvalue weighted by Crippen LogP contribution is -2.16. The number of azide groups is 1. The first-order chi connectivity index (χ1) is 14.6. The molecule has 3 aromatic rings. The van der Waals surface area contributed by atoms with Crippen molar-refractivity contribution in [3.63, 3.8) is 0 Å². The highest BCUT2D eigenvalue weighted by Gasteiger charge is 2.12. The van der Waals surface area contributed by atoms with E-state index in [1.165, 1.54) is 6.20 Å². The lowest BCUT2D eigenvalue weighted by Gasteiger charge is -2.07. The molecule has 30 heavy (non-hydrogen) atoms. The molecule has 0 aliphatic carbocycles. The Labute approximate surface area is 171 Å². The average molecular weight is 408 g/mol. The molecular weight excluding hydrogens is 388 g/mol. The number of H-pyrrole nitrogens is 1. The third-order valence-corrected chi connectivity index (χ3v) is 4.17. The molecule has 0 spiro atoms. The van der Waals surface area contributed by atoms with E-state index in [2.05, 4.69) is 30.6 Å². The second kappa shape index (κ2) is 9.89. The van der Waals surface area contributed by atoms with E-state index in [0.29, 0.717) is 29.1 Å². The number of amides is 1. The zero-order chi connectivity index (χ0) is 21.3. The van der Waals surface area contributed by atoms with Crippen molar-refractivity contribution in [3.8, 4) is 11.1 Å². The average Bonchev–Trinajstić information content (AvgIpc) is 3.19. The normalized spacial score (nSPS) is 10.3. The van der Waals surface area contributed by atoms with E-state index in [9.17, 15) is 9.59 Å². The van der Waals surface area contributed by atoms with Crippen LogP contribution in [0.15, 0.2) is 52.8 Å². The summed E-state index contributed by atoms with van der Waals surface area (Å²) in [6.07, 6.45) is 4.57. The van der Waals surface area contributed by atoms with E-state index < -0.39 is 6.09 Å². The lowest BCUT2D eigenvalue weighted by atomic mass is 10.1. The Hall–Kier alpha value is -4.11. The van der Waals surface area contributed by atoms with Crippen molar-refractivity contribution in [3.05, 3.63) is 74.8 Å². The molecule has 2 heterocycles. The summed E-state index contributed by atoms with van der Waals surface area (Å²) in [5.74, 6) is 0. The van der Waals surface area contributed by atoms with Gasteiger partial charge >= 0.3 is 6.09 Å². The van der Waals surface area contributed by atoms with Crippen LogP contribution in [0.25, 0.3) is 21.6 Å². The number of aromatic amines is 1. The number of hydrogen-bond donors (Lipinski definition) is 2. The number of nitrogens with zero attached hydrogens (tertiary/aromatic N) is 6. The lowest BCUT2D eigenvalue weighted by molar-refractivity contribution is 0.168. The topological polar surface area (TPSA) is 151 Å². The van der Waals surface area contributed by atoms with Gasteiger partial charge in [-0.15, -0.1) is 0 Å². The third kappa shape index (κ3) is 5.24. The van der Waals surface area contributed by atoms with Crippen molar-refractivity contribution < 1.29 is 9.53 Å². The van der Waals surface area contributed by atoms with Crippen molar-refractivity contribution >= 4 is 11.8 Å². The first kappa shape index (κ1) is 20.6. The van der Waals surface area contributed by atoms with Crippen LogP contribution in [0.1, 0.15) is 18.2 Å². The fourth-order valence-corrected chi connectivity index (χ4v) is 2.84. The van der Waals surface area contributed by atoms with Gasteiger partial charge in [0.15, 0.2) is 0 Å². The predicted molar refractivity (Wildman–Crippen MR) is 110 cm³/mol. The summed E-state index contributed by atoms with van der Waals surface area (Å²) < 4.78 is 6.48. The van der Waals surface area contributed by atoms with Crippen LogP contribution < -0.4 is 10.7 Å². The standard InChI is InChI=1S/C19H20N8O3/c1-2-30-19(29)24-15-5-3-4-13(8-15)9-17-18(28)16(11-22-25-17)14-10-23-27(12-14)7-6-21-26-20/h3-5,8,10-12H,2,6-7,9H2,1H3,(H,22,28)(H,24,29). The van der Waals surface area contributed by atoms with Gasteiger partial charge in [0.25, 0.3) is 0 Å². The zero-order valence-electron chi connectivity index (χ0n) is 16.3. The molecule has 0 atom stereocenters. The Morgan fingerprint density at radius 2 is 2.30 bits per heavy atom. The van der Waals surface area contributed by atoms with E-state index in [1.54, 1.807) is 42.2 Å². The van der Waals surface area contributed by atoms with Crippen LogP contribution in [0.5, 0.6) is 0 Å². The van der Waals surface area contributed by atoms with Crippen LogP contribution >= 0.6 is 0 Å². The van der Waals surface area contributed by atoms with Crippen molar-refractivity contribution in [2.45, 2.75) is 19.9 Å². The number of hydrogen-bond acceptors (Lipinski definition) is 6. The molecular formula is C19H20N8O3. The van der Waals surface area contributed by atoms with Crippen molar-refractivity contribution in [2.75, 3.05) is 18.5 Å². The summed E-state index contributed by atoms with van der Waals surface area (Å²) in [7, 11) is 0. The minimum Gasteiger partial charge on any atom is -0.450 e. The Balaban J connectivity index is 1.78. The molecule has 0 aliphatic heterocycles. The summed E-state index contributed by atoms with van der Waals surface area (Å²) in [6.45, 7) is 2.69. The van der Waals surface area contributed by atoms with Crippen LogP contribution in [0, 0.1) is 0 Å². The molecule has 0 unspecified atom stereocenters. The fourth-order valence-electron chi connectivity index (χ4n) is 2.84. The van der Waals surface area contributed by atoms with Crippen molar-refractivity contribution in [1.82, 2.24) is 20.0 Å². The Bertz CT molecular complexity index is 1130. The summed E-state index contributed by atoms with van der Waals surface area (Å²) >= 11 is 0. The van der Waals surface area contributed by atoms with Gasteiger partial charge in [-0.25, -0.2) is 4.79 Å². The Morgan fingerprint density at radius 1 is 1.43 bits per heavy atom. The largest absolute Gasteiger partial charge is 0.450 e. The highest BCUT2D eigenvalue weighted by Crippen LogP contribution is 2.16. The molecule has 154 valence electrons. The number of ether oxygens (including phenoxy) is 1. The van der Waals surface area contributed by atoms with E-state index in [0.717, 1.165) is 5.56 Å². The van der Waals surface area contributed by atoms with E-state index >= 15 is 0 Å². The minimum atomic E-state index is -0.537. The molecule has 3 rings (SSSR count). The van der Waals surface area contributed by atoms with E-state index in [-0.39, 0.29) is 25.0 Å². The van der Waals surface area contributed by atoms with Crippen LogP contribution in [0.3, 0.4) is 0 Å². The Morgan fingerprint density at radius 3 is 3.10 bits per heavy atom. The molecule has 11 heteroatoms. The van der Waals surface area contributed by atoms with E-state index in [4.69, 9.17) is 10.3 Å². The van der Waals surface area contributed by atoms with Gasteiger partial charge in [0.2, 0.25) is 5.43 Å². The number of aromatic nitrogens is 4. The Kier molecular flexibility index (Phi) is 6.80. The summed E-state index contributed by atoms with van der Waals surface area (Å²) in [6, 6.07) is 7.12. The molecule has 1 aromatic carbocycles. The molecule has 1 amide bonds. The van der Waals surface area contributed by atoms with Crippen molar-refractivity contribution in [1.29, 1.82) is 0 Å². The molecule has 2 N–H and O–H groups in total. The number of carbonyl (C=O) groups is 1. The minimum absolute atomic E-state index is 0.216. The second-order valence-electron chi connectivity index (χ2n) is 6.24. The SMILES string of the molecule is CCOC(=O)Nc1cccc(Cc2n[nH]cc(-c3cnn(CCN=[N+]=[N-])c3)c2=O)c1. The maximum Gasteiger partial charge on any atom is 0.411 e. The fraction of sp³-hybridized carbons (Fsp3) is 0.263. The van der Waals surface area contributed by atoms with Crippen LogP contribution in [0.2, 0.25) is 0 Å². The molecule has 0 saturated carbocycles. The van der Waals surface area contributed by atoms with Gasteiger partial charge in [-0.1, -0.05) is 17.2 Å². The number of nitrogens with one attached hydrogen (secondary N) is 2. The molecule has 0 bridgehead atoms. The maximum atomic E-state index is 12.9. The molecule has 11 nitrogen and oxygen atoms in total. The first-order valence-corrected chi connectivity index (χ1v) is 9.24. The third-order valence-electron chi connectivity index (χ3n) is 4.17. The van der Waals surface area contributed by atoms with Gasteiger partial charge in [-0.2, -0.15) is 10.2 Å². The summed E-state index contributed by atoms with van der Waals surface area (Å²) in [5, 5.41) is 17.2. The van der Waals surface area contributed by atoms with Crippen LogP contribution in [-0.4, -0.2) is 39.2 Å². The van der Waals surface area contributed by atoms with Crippen molar-refractivity contribution in [2.24, 2.45) is 5.11 Å². The quantitative estimate of drug-likeness (QED) is 0.333.